The van der Waals surface area contributed by atoms with Gasteiger partial charge in [0.15, 0.2) is 11.5 Å². The zero-order valence-corrected chi connectivity index (χ0v) is 23.1. The summed E-state index contributed by atoms with van der Waals surface area (Å²) in [4.78, 5) is 28.0. The minimum atomic E-state index is -0.575. The highest BCUT2D eigenvalue weighted by Gasteiger charge is 2.34. The number of hydrogen-bond acceptors (Lipinski definition) is 7. The fourth-order valence-electron chi connectivity index (χ4n) is 4.75. The van der Waals surface area contributed by atoms with E-state index in [1.54, 1.807) is 24.3 Å². The van der Waals surface area contributed by atoms with Gasteiger partial charge in [0.25, 0.3) is 5.91 Å². The van der Waals surface area contributed by atoms with Gasteiger partial charge in [-0.2, -0.15) is 0 Å². The third-order valence-corrected chi connectivity index (χ3v) is 6.60. The first kappa shape index (κ1) is 29.8. The first-order valence-corrected chi connectivity index (χ1v) is 12.9. The fourth-order valence-corrected chi connectivity index (χ4v) is 4.75. The van der Waals surface area contributed by atoms with Gasteiger partial charge >= 0.3 is 6.09 Å². The molecule has 212 valence electrons. The number of halogens is 1. The topological polar surface area (TPSA) is 98.4 Å². The van der Waals surface area contributed by atoms with E-state index in [1.165, 1.54) is 21.3 Å². The quantitative estimate of drug-likeness (QED) is 0.358. The summed E-state index contributed by atoms with van der Waals surface area (Å²) in [6.07, 6.45) is 2.18. The van der Waals surface area contributed by atoms with Gasteiger partial charge in [0.1, 0.15) is 11.9 Å². The lowest BCUT2D eigenvalue weighted by Crippen LogP contribution is -2.40. The van der Waals surface area contributed by atoms with Crippen LogP contribution in [-0.4, -0.2) is 76.7 Å². The van der Waals surface area contributed by atoms with Crippen LogP contribution in [0.15, 0.2) is 43.0 Å². The van der Waals surface area contributed by atoms with Crippen molar-refractivity contribution in [3.8, 4) is 17.2 Å². The molecule has 0 unspecified atom stereocenters. The summed E-state index contributed by atoms with van der Waals surface area (Å²) in [6.45, 7) is 6.69. The number of carbonyl (C=O) groups excluding carboxylic acids is 2. The van der Waals surface area contributed by atoms with Gasteiger partial charge in [-0.15, -0.1) is 6.58 Å². The SMILES string of the molecule is C=CCN1C[C@H](OC(=O)Nc2cc(C)ccc2OC)C[C@H]1CNC(=O)c1cc(CCCF)cc(OC)c1OC. The van der Waals surface area contributed by atoms with Crippen LogP contribution in [0.25, 0.3) is 0 Å². The molecule has 3 rings (SSSR count). The number of nitrogens with one attached hydrogen (secondary N) is 2. The third-order valence-electron chi connectivity index (χ3n) is 6.60. The molecule has 0 spiro atoms. The highest BCUT2D eigenvalue weighted by Crippen LogP contribution is 2.33. The molecule has 9 nitrogen and oxygen atoms in total. The first-order chi connectivity index (χ1) is 18.8. The van der Waals surface area contributed by atoms with Crippen molar-refractivity contribution >= 4 is 17.7 Å². The van der Waals surface area contributed by atoms with E-state index in [0.29, 0.717) is 67.4 Å². The molecule has 2 aromatic carbocycles. The minimum absolute atomic E-state index is 0.0825. The number of rotatable bonds is 13. The molecule has 10 heteroatoms. The molecule has 0 bridgehead atoms. The van der Waals surface area contributed by atoms with Gasteiger partial charge in [-0.1, -0.05) is 12.1 Å². The highest BCUT2D eigenvalue weighted by molar-refractivity contribution is 5.98. The maximum atomic E-state index is 13.2. The summed E-state index contributed by atoms with van der Waals surface area (Å²) in [5.74, 6) is 0.939. The van der Waals surface area contributed by atoms with E-state index in [2.05, 4.69) is 22.1 Å². The minimum Gasteiger partial charge on any atom is -0.495 e. The maximum Gasteiger partial charge on any atom is 0.412 e. The molecular formula is C29H38FN3O6. The van der Waals surface area contributed by atoms with E-state index in [4.69, 9.17) is 18.9 Å². The van der Waals surface area contributed by atoms with Crippen LogP contribution < -0.4 is 24.8 Å². The summed E-state index contributed by atoms with van der Waals surface area (Å²) in [6, 6.07) is 8.87. The molecule has 1 aliphatic heterocycles. The lowest BCUT2D eigenvalue weighted by Gasteiger charge is -2.23. The number of amides is 2. The second-order valence-corrected chi connectivity index (χ2v) is 9.37. The van der Waals surface area contributed by atoms with E-state index in [-0.39, 0.29) is 18.1 Å². The van der Waals surface area contributed by atoms with Gasteiger partial charge in [0.2, 0.25) is 0 Å². The molecule has 39 heavy (non-hydrogen) atoms. The third kappa shape index (κ3) is 7.86. The van der Waals surface area contributed by atoms with Crippen molar-refractivity contribution in [2.75, 3.05) is 53.0 Å². The molecule has 0 aromatic heterocycles. The number of alkyl halides is 1. The Labute approximate surface area is 229 Å². The van der Waals surface area contributed by atoms with E-state index in [9.17, 15) is 14.0 Å². The van der Waals surface area contributed by atoms with Crippen molar-refractivity contribution in [3.05, 3.63) is 59.7 Å². The smallest absolute Gasteiger partial charge is 0.412 e. The maximum absolute atomic E-state index is 13.2. The lowest BCUT2D eigenvalue weighted by atomic mass is 10.0. The number of ether oxygens (including phenoxy) is 4. The normalized spacial score (nSPS) is 16.8. The van der Waals surface area contributed by atoms with Crippen molar-refractivity contribution in [3.63, 3.8) is 0 Å². The van der Waals surface area contributed by atoms with Gasteiger partial charge in [0.05, 0.1) is 39.3 Å². The van der Waals surface area contributed by atoms with Crippen molar-refractivity contribution in [1.82, 2.24) is 10.2 Å². The van der Waals surface area contributed by atoms with Crippen LogP contribution in [-0.2, 0) is 11.2 Å². The summed E-state index contributed by atoms with van der Waals surface area (Å²) in [5, 5.41) is 5.74. The summed E-state index contributed by atoms with van der Waals surface area (Å²) >= 11 is 0. The number of benzene rings is 2. The Hall–Kier alpha value is -3.79. The van der Waals surface area contributed by atoms with Gasteiger partial charge in [-0.25, -0.2) is 4.79 Å². The Bertz CT molecular complexity index is 1160. The van der Waals surface area contributed by atoms with E-state index in [0.717, 1.165) is 11.1 Å². The second kappa shape index (κ2) is 14.4. The fraction of sp³-hybridized carbons (Fsp3) is 0.448. The Kier molecular flexibility index (Phi) is 11.0. The van der Waals surface area contributed by atoms with Crippen LogP contribution in [0.3, 0.4) is 0 Å². The van der Waals surface area contributed by atoms with Crippen molar-refractivity contribution in [2.24, 2.45) is 0 Å². The first-order valence-electron chi connectivity index (χ1n) is 12.9. The number of aryl methyl sites for hydroxylation is 2. The predicted molar refractivity (Wildman–Crippen MR) is 148 cm³/mol. The molecule has 2 N–H and O–H groups in total. The molecule has 2 amide bonds. The molecule has 0 saturated carbocycles. The Balaban J connectivity index is 1.66. The molecule has 0 radical (unpaired) electrons. The molecule has 0 aliphatic carbocycles. The Morgan fingerprint density at radius 2 is 1.90 bits per heavy atom. The predicted octanol–water partition coefficient (Wildman–Crippen LogP) is 4.53. The van der Waals surface area contributed by atoms with Gasteiger partial charge in [-0.3, -0.25) is 19.4 Å². The number of likely N-dealkylation sites (tertiary alicyclic amines) is 1. The summed E-state index contributed by atoms with van der Waals surface area (Å²) < 4.78 is 34.6. The molecule has 1 fully saturated rings. The zero-order chi connectivity index (χ0) is 28.4. The molecule has 2 aromatic rings. The number of nitrogens with zero attached hydrogens (tertiary/aromatic N) is 1. The standard InChI is InChI=1S/C29H38FN3O6/c1-6-12-33-18-22(39-29(35)32-24-13-19(2)9-10-25(24)36-3)16-21(33)17-31-28(34)23-14-20(8-7-11-30)15-26(37-4)27(23)38-5/h6,9-10,13-15,21-22H,1,7-8,11-12,16-18H2,2-5H3,(H,31,34)(H,32,35)/t21-,22+/m0/s1. The molecule has 1 saturated heterocycles. The molecule has 2 atom stereocenters. The van der Waals surface area contributed by atoms with Crippen molar-refractivity contribution < 1.29 is 32.9 Å². The van der Waals surface area contributed by atoms with Crippen LogP contribution in [0, 0.1) is 6.92 Å². The van der Waals surface area contributed by atoms with Crippen LogP contribution in [0.5, 0.6) is 17.2 Å². The largest absolute Gasteiger partial charge is 0.495 e. The number of carbonyl (C=O) groups is 2. The monoisotopic (exact) mass is 543 g/mol. The highest BCUT2D eigenvalue weighted by atomic mass is 19.1. The lowest BCUT2D eigenvalue weighted by molar-refractivity contribution is 0.0937. The van der Waals surface area contributed by atoms with Crippen LogP contribution in [0.2, 0.25) is 0 Å². The number of hydrogen-bond donors (Lipinski definition) is 2. The Morgan fingerprint density at radius 3 is 2.56 bits per heavy atom. The van der Waals surface area contributed by atoms with Crippen molar-refractivity contribution in [2.45, 2.75) is 38.3 Å². The van der Waals surface area contributed by atoms with Gasteiger partial charge in [-0.05, 0) is 55.2 Å². The summed E-state index contributed by atoms with van der Waals surface area (Å²) in [5.41, 5.74) is 2.61. The van der Waals surface area contributed by atoms with Crippen LogP contribution in [0.4, 0.5) is 14.9 Å². The molecule has 1 heterocycles. The average molecular weight is 544 g/mol. The average Bonchev–Trinajstić information content (AvgIpc) is 3.30. The second-order valence-electron chi connectivity index (χ2n) is 9.37. The molecular weight excluding hydrogens is 505 g/mol. The van der Waals surface area contributed by atoms with Gasteiger partial charge in [0, 0.05) is 32.1 Å². The zero-order valence-electron chi connectivity index (χ0n) is 23.1. The van der Waals surface area contributed by atoms with Crippen LogP contribution >= 0.6 is 0 Å². The van der Waals surface area contributed by atoms with Crippen molar-refractivity contribution in [1.29, 1.82) is 0 Å². The van der Waals surface area contributed by atoms with Crippen LogP contribution in [0.1, 0.15) is 34.3 Å². The van der Waals surface area contributed by atoms with Gasteiger partial charge < -0.3 is 24.3 Å². The number of anilines is 1. The Morgan fingerprint density at radius 1 is 1.13 bits per heavy atom. The van der Waals surface area contributed by atoms with E-state index >= 15 is 0 Å². The molecule has 1 aliphatic rings. The van der Waals surface area contributed by atoms with E-state index < -0.39 is 12.8 Å². The van der Waals surface area contributed by atoms with E-state index in [1.807, 2.05) is 19.1 Å². The number of methoxy groups -OCH3 is 3. The summed E-state index contributed by atoms with van der Waals surface area (Å²) in [7, 11) is 4.50.